The van der Waals surface area contributed by atoms with E-state index in [1.165, 1.54) is 11.3 Å². The van der Waals surface area contributed by atoms with Gasteiger partial charge in [-0.15, -0.1) is 11.3 Å². The van der Waals surface area contributed by atoms with Crippen molar-refractivity contribution in [2.24, 2.45) is 5.10 Å². The fraction of sp³-hybridized carbons (Fsp3) is 0.143. The molecule has 1 heterocycles. The number of nitrogens with zero attached hydrogens (tertiary/aromatic N) is 1. The zero-order chi connectivity index (χ0) is 15.1. The van der Waals surface area contributed by atoms with Gasteiger partial charge in [-0.25, -0.2) is 5.43 Å². The summed E-state index contributed by atoms with van der Waals surface area (Å²) in [6, 6.07) is 9.12. The zero-order valence-electron chi connectivity index (χ0n) is 11.2. The van der Waals surface area contributed by atoms with Crippen molar-refractivity contribution >= 4 is 39.4 Å². The van der Waals surface area contributed by atoms with E-state index in [9.17, 15) is 4.79 Å². The Hall–Kier alpha value is -1.86. The van der Waals surface area contributed by atoms with Crippen LogP contribution in [0.3, 0.4) is 0 Å². The third-order valence-corrected chi connectivity index (χ3v) is 3.71. The van der Waals surface area contributed by atoms with Crippen molar-refractivity contribution in [3.63, 3.8) is 0 Å². The van der Waals surface area contributed by atoms with Gasteiger partial charge in [0.2, 0.25) is 0 Å². The Bertz CT molecular complexity index is 629. The third-order valence-electron chi connectivity index (χ3n) is 2.41. The number of benzene rings is 1. The molecule has 1 N–H and O–H groups in total. The molecule has 7 heteroatoms. The molecule has 1 aromatic carbocycles. The van der Waals surface area contributed by atoms with Crippen LogP contribution in [-0.4, -0.2) is 25.8 Å². The SMILES string of the molecule is COc1cc(Br)ccc1OCC(=O)NN=Cc1cccs1. The van der Waals surface area contributed by atoms with Crippen molar-refractivity contribution in [3.05, 3.63) is 45.1 Å². The van der Waals surface area contributed by atoms with Crippen LogP contribution in [0.2, 0.25) is 0 Å². The maximum atomic E-state index is 11.6. The number of hydrogen-bond acceptors (Lipinski definition) is 5. The zero-order valence-corrected chi connectivity index (χ0v) is 13.6. The average molecular weight is 369 g/mol. The molecule has 21 heavy (non-hydrogen) atoms. The summed E-state index contributed by atoms with van der Waals surface area (Å²) in [5.74, 6) is 0.713. The number of methoxy groups -OCH3 is 1. The van der Waals surface area contributed by atoms with Crippen molar-refractivity contribution < 1.29 is 14.3 Å². The molecule has 0 atom stereocenters. The predicted molar refractivity (Wildman–Crippen MR) is 86.2 cm³/mol. The number of ether oxygens (including phenoxy) is 2. The largest absolute Gasteiger partial charge is 0.493 e. The van der Waals surface area contributed by atoms with Crippen molar-refractivity contribution in [2.45, 2.75) is 0 Å². The molecule has 0 saturated carbocycles. The van der Waals surface area contributed by atoms with Crippen molar-refractivity contribution in [1.82, 2.24) is 5.43 Å². The summed E-state index contributed by atoms with van der Waals surface area (Å²) in [6.07, 6.45) is 1.59. The molecule has 0 bridgehead atoms. The minimum Gasteiger partial charge on any atom is -0.493 e. The van der Waals surface area contributed by atoms with Gasteiger partial charge < -0.3 is 9.47 Å². The Kier molecular flexibility index (Phi) is 5.77. The van der Waals surface area contributed by atoms with Gasteiger partial charge in [0.15, 0.2) is 18.1 Å². The number of carbonyl (C=O) groups excluding carboxylic acids is 1. The summed E-state index contributed by atoms with van der Waals surface area (Å²) in [6.45, 7) is -0.139. The van der Waals surface area contributed by atoms with Gasteiger partial charge in [0.1, 0.15) is 0 Å². The fourth-order valence-electron chi connectivity index (χ4n) is 1.47. The molecule has 1 amide bonds. The lowest BCUT2D eigenvalue weighted by Crippen LogP contribution is -2.24. The highest BCUT2D eigenvalue weighted by Crippen LogP contribution is 2.29. The van der Waals surface area contributed by atoms with Crippen molar-refractivity contribution in [3.8, 4) is 11.5 Å². The van der Waals surface area contributed by atoms with E-state index in [0.29, 0.717) is 11.5 Å². The van der Waals surface area contributed by atoms with E-state index in [1.807, 2.05) is 23.6 Å². The number of carbonyl (C=O) groups is 1. The number of rotatable bonds is 6. The first kappa shape index (κ1) is 15.5. The topological polar surface area (TPSA) is 59.9 Å². The van der Waals surface area contributed by atoms with Gasteiger partial charge in [-0.1, -0.05) is 22.0 Å². The molecule has 2 rings (SSSR count). The molecule has 5 nitrogen and oxygen atoms in total. The van der Waals surface area contributed by atoms with Crippen LogP contribution < -0.4 is 14.9 Å². The molecule has 0 aliphatic carbocycles. The van der Waals surface area contributed by atoms with E-state index >= 15 is 0 Å². The lowest BCUT2D eigenvalue weighted by molar-refractivity contribution is -0.123. The predicted octanol–water partition coefficient (Wildman–Crippen LogP) is 3.05. The minimum atomic E-state index is -0.340. The lowest BCUT2D eigenvalue weighted by Gasteiger charge is -2.09. The molecular formula is C14H13BrN2O3S. The summed E-state index contributed by atoms with van der Waals surface area (Å²) >= 11 is 4.88. The summed E-state index contributed by atoms with van der Waals surface area (Å²) in [4.78, 5) is 12.6. The van der Waals surface area contributed by atoms with Crippen LogP contribution in [0.25, 0.3) is 0 Å². The van der Waals surface area contributed by atoms with Gasteiger partial charge in [-0.3, -0.25) is 4.79 Å². The number of hydrazone groups is 1. The molecular weight excluding hydrogens is 356 g/mol. The quantitative estimate of drug-likeness (QED) is 0.629. The van der Waals surface area contributed by atoms with Crippen LogP contribution in [0.5, 0.6) is 11.5 Å². The number of hydrogen-bond donors (Lipinski definition) is 1. The number of nitrogens with one attached hydrogen (secondary N) is 1. The van der Waals surface area contributed by atoms with Gasteiger partial charge in [0, 0.05) is 9.35 Å². The van der Waals surface area contributed by atoms with E-state index in [1.54, 1.807) is 25.5 Å². The normalized spacial score (nSPS) is 10.6. The minimum absolute atomic E-state index is 0.139. The maximum Gasteiger partial charge on any atom is 0.277 e. The standard InChI is InChI=1S/C14H13BrN2O3S/c1-19-13-7-10(15)4-5-12(13)20-9-14(18)17-16-8-11-3-2-6-21-11/h2-8H,9H2,1H3,(H,17,18). The van der Waals surface area contributed by atoms with Gasteiger partial charge in [-0.05, 0) is 29.6 Å². The first-order valence-corrected chi connectivity index (χ1v) is 7.68. The van der Waals surface area contributed by atoms with Gasteiger partial charge in [-0.2, -0.15) is 5.10 Å². The third kappa shape index (κ3) is 4.87. The molecule has 0 radical (unpaired) electrons. The van der Waals surface area contributed by atoms with Crippen LogP contribution in [0.1, 0.15) is 4.88 Å². The van der Waals surface area contributed by atoms with Crippen LogP contribution in [0, 0.1) is 0 Å². The maximum absolute atomic E-state index is 11.6. The molecule has 0 spiro atoms. The van der Waals surface area contributed by atoms with Crippen LogP contribution in [0.4, 0.5) is 0 Å². The second-order valence-electron chi connectivity index (χ2n) is 3.89. The smallest absolute Gasteiger partial charge is 0.277 e. The van der Waals surface area contributed by atoms with E-state index in [4.69, 9.17) is 9.47 Å². The lowest BCUT2D eigenvalue weighted by atomic mass is 10.3. The summed E-state index contributed by atoms with van der Waals surface area (Å²) in [5, 5.41) is 5.79. The van der Waals surface area contributed by atoms with E-state index in [0.717, 1.165) is 9.35 Å². The van der Waals surface area contributed by atoms with Crippen LogP contribution in [0.15, 0.2) is 45.3 Å². The van der Waals surface area contributed by atoms with Crippen LogP contribution in [-0.2, 0) is 4.79 Å². The Morgan fingerprint density at radius 2 is 2.29 bits per heavy atom. The molecule has 0 saturated heterocycles. The highest BCUT2D eigenvalue weighted by Gasteiger charge is 2.07. The Morgan fingerprint density at radius 3 is 3.00 bits per heavy atom. The van der Waals surface area contributed by atoms with Gasteiger partial charge >= 0.3 is 0 Å². The average Bonchev–Trinajstić information content (AvgIpc) is 2.99. The Morgan fingerprint density at radius 1 is 1.43 bits per heavy atom. The second-order valence-corrected chi connectivity index (χ2v) is 5.79. The molecule has 0 aliphatic rings. The van der Waals surface area contributed by atoms with Gasteiger partial charge in [0.25, 0.3) is 5.91 Å². The number of amides is 1. The molecule has 0 unspecified atom stereocenters. The Labute approximate surface area is 134 Å². The van der Waals surface area contributed by atoms with E-state index < -0.39 is 0 Å². The molecule has 0 aliphatic heterocycles. The number of halogens is 1. The highest BCUT2D eigenvalue weighted by molar-refractivity contribution is 9.10. The van der Waals surface area contributed by atoms with Crippen LogP contribution >= 0.6 is 27.3 Å². The van der Waals surface area contributed by atoms with Crippen molar-refractivity contribution in [1.29, 1.82) is 0 Å². The summed E-state index contributed by atoms with van der Waals surface area (Å²) < 4.78 is 11.4. The van der Waals surface area contributed by atoms with E-state index in [2.05, 4.69) is 26.5 Å². The molecule has 2 aromatic rings. The van der Waals surface area contributed by atoms with Crippen molar-refractivity contribution in [2.75, 3.05) is 13.7 Å². The summed E-state index contributed by atoms with van der Waals surface area (Å²) in [7, 11) is 1.54. The summed E-state index contributed by atoms with van der Waals surface area (Å²) in [5.41, 5.74) is 2.40. The second kappa shape index (κ2) is 7.80. The fourth-order valence-corrected chi connectivity index (χ4v) is 2.39. The first-order chi connectivity index (χ1) is 10.2. The van der Waals surface area contributed by atoms with Gasteiger partial charge in [0.05, 0.1) is 13.3 Å². The molecule has 0 fully saturated rings. The monoisotopic (exact) mass is 368 g/mol. The van der Waals surface area contributed by atoms with E-state index in [-0.39, 0.29) is 12.5 Å². The Balaban J connectivity index is 1.84. The molecule has 110 valence electrons. The number of thiophene rings is 1. The highest BCUT2D eigenvalue weighted by atomic mass is 79.9. The molecule has 1 aromatic heterocycles. The first-order valence-electron chi connectivity index (χ1n) is 6.01.